The van der Waals surface area contributed by atoms with Crippen LogP contribution in [0.15, 0.2) is 42.5 Å². The molecule has 0 aliphatic rings. The molecule has 0 saturated carbocycles. The highest BCUT2D eigenvalue weighted by molar-refractivity contribution is 5.45. The lowest BCUT2D eigenvalue weighted by Gasteiger charge is -2.10. The molecular weight excluding hydrogens is 228 g/mol. The van der Waals surface area contributed by atoms with Gasteiger partial charge in [0.1, 0.15) is 5.75 Å². The van der Waals surface area contributed by atoms with Gasteiger partial charge in [0.25, 0.3) is 0 Å². The maximum absolute atomic E-state index is 9.73. The number of nitrogens with two attached hydrogens (primary N) is 2. The minimum atomic E-state index is 0.0883. The van der Waals surface area contributed by atoms with Gasteiger partial charge < -0.3 is 21.3 Å². The van der Waals surface area contributed by atoms with Crippen molar-refractivity contribution in [3.05, 3.63) is 53.6 Å². The van der Waals surface area contributed by atoms with Crippen molar-refractivity contribution < 1.29 is 9.84 Å². The van der Waals surface area contributed by atoms with Crippen molar-refractivity contribution in [2.75, 3.05) is 0 Å². The first-order valence-corrected chi connectivity index (χ1v) is 5.71. The third-order valence-electron chi connectivity index (χ3n) is 2.62. The molecule has 2 rings (SSSR count). The van der Waals surface area contributed by atoms with Gasteiger partial charge in [-0.15, -0.1) is 0 Å². The topological polar surface area (TPSA) is 81.5 Å². The van der Waals surface area contributed by atoms with Crippen LogP contribution in [0.3, 0.4) is 0 Å². The number of phenolic OH excluding ortho intramolecular Hbond substituents is 1. The summed E-state index contributed by atoms with van der Waals surface area (Å²) in [4.78, 5) is 0. The van der Waals surface area contributed by atoms with Crippen LogP contribution in [-0.4, -0.2) is 5.11 Å². The standard InChI is InChI=1S/C14H16N2O2/c15-8-10-2-1-3-12(6-10)18-14-7-11(9-16)4-5-13(14)17/h1-7,17H,8-9,15-16H2. The Morgan fingerprint density at radius 2 is 1.67 bits per heavy atom. The van der Waals surface area contributed by atoms with E-state index in [0.29, 0.717) is 24.6 Å². The monoisotopic (exact) mass is 244 g/mol. The Labute approximate surface area is 106 Å². The molecule has 18 heavy (non-hydrogen) atoms. The molecule has 0 amide bonds. The van der Waals surface area contributed by atoms with Crippen LogP contribution in [0.2, 0.25) is 0 Å². The van der Waals surface area contributed by atoms with Crippen molar-refractivity contribution in [2.24, 2.45) is 11.5 Å². The zero-order valence-corrected chi connectivity index (χ0v) is 9.97. The molecule has 2 aromatic rings. The maximum atomic E-state index is 9.73. The van der Waals surface area contributed by atoms with Gasteiger partial charge in [0.2, 0.25) is 0 Å². The van der Waals surface area contributed by atoms with Gasteiger partial charge in [-0.2, -0.15) is 0 Å². The van der Waals surface area contributed by atoms with E-state index >= 15 is 0 Å². The summed E-state index contributed by atoms with van der Waals surface area (Å²) in [6.45, 7) is 0.853. The van der Waals surface area contributed by atoms with Crippen molar-refractivity contribution in [2.45, 2.75) is 13.1 Å². The summed E-state index contributed by atoms with van der Waals surface area (Å²) >= 11 is 0. The van der Waals surface area contributed by atoms with Crippen LogP contribution < -0.4 is 16.2 Å². The quantitative estimate of drug-likeness (QED) is 0.769. The lowest BCUT2D eigenvalue weighted by Crippen LogP contribution is -1.97. The summed E-state index contributed by atoms with van der Waals surface area (Å²) in [6.07, 6.45) is 0. The maximum Gasteiger partial charge on any atom is 0.169 e. The zero-order chi connectivity index (χ0) is 13.0. The molecule has 4 nitrogen and oxygen atoms in total. The summed E-state index contributed by atoms with van der Waals surface area (Å²) in [5.74, 6) is 1.12. The molecule has 0 aliphatic carbocycles. The summed E-state index contributed by atoms with van der Waals surface area (Å²) in [7, 11) is 0. The van der Waals surface area contributed by atoms with Gasteiger partial charge in [0.05, 0.1) is 0 Å². The largest absolute Gasteiger partial charge is 0.504 e. The highest BCUT2D eigenvalue weighted by Crippen LogP contribution is 2.31. The first kappa shape index (κ1) is 12.4. The number of hydrogen-bond acceptors (Lipinski definition) is 4. The molecule has 0 spiro atoms. The first-order valence-electron chi connectivity index (χ1n) is 5.71. The average molecular weight is 244 g/mol. The Bertz CT molecular complexity index is 541. The molecule has 0 unspecified atom stereocenters. The predicted molar refractivity (Wildman–Crippen MR) is 70.4 cm³/mol. The van der Waals surface area contributed by atoms with Gasteiger partial charge in [0.15, 0.2) is 11.5 Å². The van der Waals surface area contributed by atoms with Gasteiger partial charge in [0, 0.05) is 13.1 Å². The smallest absolute Gasteiger partial charge is 0.169 e. The molecule has 0 aromatic heterocycles. The van der Waals surface area contributed by atoms with E-state index in [2.05, 4.69) is 0 Å². The predicted octanol–water partition coefficient (Wildman–Crippen LogP) is 2.10. The number of rotatable bonds is 4. The molecule has 5 N–H and O–H groups in total. The Balaban J connectivity index is 2.27. The highest BCUT2D eigenvalue weighted by atomic mass is 16.5. The van der Waals surface area contributed by atoms with Crippen molar-refractivity contribution in [3.8, 4) is 17.2 Å². The molecule has 0 radical (unpaired) electrons. The first-order chi connectivity index (χ1) is 8.72. The van der Waals surface area contributed by atoms with E-state index in [1.54, 1.807) is 18.2 Å². The Morgan fingerprint density at radius 3 is 2.39 bits per heavy atom. The zero-order valence-electron chi connectivity index (χ0n) is 9.97. The normalized spacial score (nSPS) is 10.3. The molecule has 0 aliphatic heterocycles. The molecule has 0 atom stereocenters. The lowest BCUT2D eigenvalue weighted by molar-refractivity contribution is 0.410. The van der Waals surface area contributed by atoms with Gasteiger partial charge in [-0.3, -0.25) is 0 Å². The van der Waals surface area contributed by atoms with Crippen molar-refractivity contribution in [3.63, 3.8) is 0 Å². The van der Waals surface area contributed by atoms with E-state index in [1.807, 2.05) is 24.3 Å². The van der Waals surface area contributed by atoms with Crippen LogP contribution in [0.5, 0.6) is 17.2 Å². The second kappa shape index (κ2) is 5.53. The number of hydrogen-bond donors (Lipinski definition) is 3. The molecular formula is C14H16N2O2. The van der Waals surface area contributed by atoms with Gasteiger partial charge >= 0.3 is 0 Å². The molecule has 0 heterocycles. The fourth-order valence-corrected chi connectivity index (χ4v) is 1.63. The third-order valence-corrected chi connectivity index (χ3v) is 2.62. The Hall–Kier alpha value is -2.04. The van der Waals surface area contributed by atoms with E-state index in [0.717, 1.165) is 11.1 Å². The second-order valence-electron chi connectivity index (χ2n) is 3.96. The average Bonchev–Trinajstić information content (AvgIpc) is 2.41. The summed E-state index contributed by atoms with van der Waals surface area (Å²) in [5, 5.41) is 9.73. The fourth-order valence-electron chi connectivity index (χ4n) is 1.63. The summed E-state index contributed by atoms with van der Waals surface area (Å²) in [5.41, 5.74) is 13.0. The van der Waals surface area contributed by atoms with Crippen molar-refractivity contribution in [1.82, 2.24) is 0 Å². The Morgan fingerprint density at radius 1 is 0.944 bits per heavy atom. The van der Waals surface area contributed by atoms with Crippen LogP contribution in [0.4, 0.5) is 0 Å². The highest BCUT2D eigenvalue weighted by Gasteiger charge is 2.05. The molecule has 0 saturated heterocycles. The molecule has 94 valence electrons. The molecule has 0 bridgehead atoms. The van der Waals surface area contributed by atoms with Crippen LogP contribution in [0.1, 0.15) is 11.1 Å². The summed E-state index contributed by atoms with van der Waals surface area (Å²) < 4.78 is 5.63. The minimum absolute atomic E-state index is 0.0883. The van der Waals surface area contributed by atoms with E-state index < -0.39 is 0 Å². The second-order valence-corrected chi connectivity index (χ2v) is 3.96. The molecule has 2 aromatic carbocycles. The SMILES string of the molecule is NCc1cccc(Oc2cc(CN)ccc2O)c1. The van der Waals surface area contributed by atoms with E-state index in [9.17, 15) is 5.11 Å². The number of aromatic hydroxyl groups is 1. The number of ether oxygens (including phenoxy) is 1. The van der Waals surface area contributed by atoms with Crippen LogP contribution in [0.25, 0.3) is 0 Å². The number of phenols is 1. The van der Waals surface area contributed by atoms with Crippen LogP contribution >= 0.6 is 0 Å². The van der Waals surface area contributed by atoms with E-state index in [1.165, 1.54) is 0 Å². The van der Waals surface area contributed by atoms with Gasteiger partial charge in [-0.25, -0.2) is 0 Å². The fraction of sp³-hybridized carbons (Fsp3) is 0.143. The molecule has 0 fully saturated rings. The van der Waals surface area contributed by atoms with Crippen LogP contribution in [0, 0.1) is 0 Å². The Kier molecular flexibility index (Phi) is 3.82. The van der Waals surface area contributed by atoms with Crippen molar-refractivity contribution in [1.29, 1.82) is 0 Å². The minimum Gasteiger partial charge on any atom is -0.504 e. The van der Waals surface area contributed by atoms with Gasteiger partial charge in [-0.1, -0.05) is 18.2 Å². The van der Waals surface area contributed by atoms with Gasteiger partial charge in [-0.05, 0) is 35.4 Å². The van der Waals surface area contributed by atoms with Crippen molar-refractivity contribution >= 4 is 0 Å². The summed E-state index contributed by atoms with van der Waals surface area (Å²) in [6, 6.07) is 12.5. The number of benzene rings is 2. The van der Waals surface area contributed by atoms with E-state index in [4.69, 9.17) is 16.2 Å². The lowest BCUT2D eigenvalue weighted by atomic mass is 10.2. The van der Waals surface area contributed by atoms with Crippen LogP contribution in [-0.2, 0) is 13.1 Å². The molecule has 4 heteroatoms. The van der Waals surface area contributed by atoms with E-state index in [-0.39, 0.29) is 5.75 Å². The third kappa shape index (κ3) is 2.80.